The topological polar surface area (TPSA) is 95.9 Å². The van der Waals surface area contributed by atoms with Crippen LogP contribution >= 0.6 is 11.8 Å². The van der Waals surface area contributed by atoms with Gasteiger partial charge in [-0.1, -0.05) is 20.3 Å². The molecule has 0 saturated carbocycles. The fourth-order valence-electron chi connectivity index (χ4n) is 5.31. The van der Waals surface area contributed by atoms with Crippen molar-refractivity contribution in [3.8, 4) is 0 Å². The standard InChI is InChI=1S/C20H32N2O5S/c1-5-7-8-21-17(24)16-20-11(3)9-13(28-20)14(19(26)27-6-2)15(20)18(25)22(16)12(4)10-23/h11-16,23H,5-10H2,1-4H3,(H,21,24)/t11?,12-,13-,14+,15+,16?,20?/m1/s1. The Balaban J connectivity index is 2.01. The van der Waals surface area contributed by atoms with Crippen LogP contribution in [0.5, 0.6) is 0 Å². The molecule has 2 bridgehead atoms. The van der Waals surface area contributed by atoms with E-state index in [1.54, 1.807) is 30.5 Å². The molecule has 7 atom stereocenters. The summed E-state index contributed by atoms with van der Waals surface area (Å²) in [4.78, 5) is 41.0. The number of aliphatic hydroxyl groups excluding tert-OH is 1. The van der Waals surface area contributed by atoms with Gasteiger partial charge in [0, 0.05) is 11.8 Å². The average Bonchev–Trinajstić information content (AvgIpc) is 3.25. The first-order valence-corrected chi connectivity index (χ1v) is 11.3. The summed E-state index contributed by atoms with van der Waals surface area (Å²) in [6, 6.07) is -1.16. The lowest BCUT2D eigenvalue weighted by atomic mass is 9.66. The fourth-order valence-corrected chi connectivity index (χ4v) is 7.71. The second-order valence-corrected chi connectivity index (χ2v) is 9.77. The van der Waals surface area contributed by atoms with E-state index in [0.717, 1.165) is 19.3 Å². The summed E-state index contributed by atoms with van der Waals surface area (Å²) in [7, 11) is 0. The molecule has 0 aromatic rings. The molecule has 3 heterocycles. The van der Waals surface area contributed by atoms with Gasteiger partial charge in [0.05, 0.1) is 35.8 Å². The quantitative estimate of drug-likeness (QED) is 0.459. The number of fused-ring (bicyclic) bond motifs is 1. The molecule has 3 aliphatic heterocycles. The zero-order valence-corrected chi connectivity index (χ0v) is 18.0. The van der Waals surface area contributed by atoms with Crippen molar-refractivity contribution in [2.75, 3.05) is 19.8 Å². The maximum absolute atomic E-state index is 13.5. The largest absolute Gasteiger partial charge is 0.466 e. The van der Waals surface area contributed by atoms with Crippen molar-refractivity contribution in [1.82, 2.24) is 10.2 Å². The summed E-state index contributed by atoms with van der Waals surface area (Å²) in [5.41, 5.74) is 0. The van der Waals surface area contributed by atoms with Crippen molar-refractivity contribution in [2.24, 2.45) is 17.8 Å². The summed E-state index contributed by atoms with van der Waals surface area (Å²) in [5.74, 6) is -1.67. The van der Waals surface area contributed by atoms with E-state index in [-0.39, 0.29) is 42.2 Å². The van der Waals surface area contributed by atoms with E-state index in [2.05, 4.69) is 19.2 Å². The summed E-state index contributed by atoms with van der Waals surface area (Å²) in [5, 5.41) is 12.7. The van der Waals surface area contributed by atoms with Crippen molar-refractivity contribution in [2.45, 2.75) is 69.0 Å². The third-order valence-electron chi connectivity index (χ3n) is 6.56. The molecule has 0 aromatic heterocycles. The van der Waals surface area contributed by atoms with Gasteiger partial charge in [0.2, 0.25) is 11.8 Å². The lowest BCUT2D eigenvalue weighted by Crippen LogP contribution is -2.58. The van der Waals surface area contributed by atoms with Gasteiger partial charge in [0.15, 0.2) is 0 Å². The molecule has 2 amide bonds. The van der Waals surface area contributed by atoms with Crippen LogP contribution in [0.25, 0.3) is 0 Å². The van der Waals surface area contributed by atoms with Crippen LogP contribution in [0.3, 0.4) is 0 Å². The van der Waals surface area contributed by atoms with Crippen LogP contribution in [-0.4, -0.2) is 69.6 Å². The van der Waals surface area contributed by atoms with Crippen LogP contribution in [0.2, 0.25) is 0 Å². The van der Waals surface area contributed by atoms with Crippen molar-refractivity contribution in [1.29, 1.82) is 0 Å². The maximum atomic E-state index is 13.5. The van der Waals surface area contributed by atoms with Gasteiger partial charge in [-0.3, -0.25) is 14.4 Å². The first-order valence-electron chi connectivity index (χ1n) is 10.4. The zero-order chi connectivity index (χ0) is 20.6. The molecule has 3 saturated heterocycles. The highest BCUT2D eigenvalue weighted by Crippen LogP contribution is 2.68. The van der Waals surface area contributed by atoms with E-state index in [1.807, 2.05) is 0 Å². The lowest BCUT2D eigenvalue weighted by Gasteiger charge is -2.39. The highest BCUT2D eigenvalue weighted by Gasteiger charge is 2.76. The summed E-state index contributed by atoms with van der Waals surface area (Å²) in [6.45, 7) is 8.26. The molecule has 3 fully saturated rings. The Labute approximate surface area is 170 Å². The monoisotopic (exact) mass is 412 g/mol. The smallest absolute Gasteiger partial charge is 0.310 e. The molecule has 0 aromatic carbocycles. The first-order chi connectivity index (χ1) is 13.3. The summed E-state index contributed by atoms with van der Waals surface area (Å²) >= 11 is 1.63. The molecular weight excluding hydrogens is 380 g/mol. The molecule has 0 radical (unpaired) electrons. The van der Waals surface area contributed by atoms with E-state index in [4.69, 9.17) is 4.74 Å². The molecule has 2 N–H and O–H groups in total. The number of hydrogen-bond acceptors (Lipinski definition) is 6. The fraction of sp³-hybridized carbons (Fsp3) is 0.850. The number of likely N-dealkylation sites (tertiary alicyclic amines) is 1. The molecular formula is C20H32N2O5S. The Bertz CT molecular complexity index is 644. The minimum absolute atomic E-state index is 0.000486. The predicted molar refractivity (Wildman–Crippen MR) is 107 cm³/mol. The van der Waals surface area contributed by atoms with Gasteiger partial charge in [-0.05, 0) is 32.6 Å². The Morgan fingerprint density at radius 1 is 1.43 bits per heavy atom. The zero-order valence-electron chi connectivity index (χ0n) is 17.1. The van der Waals surface area contributed by atoms with Crippen LogP contribution in [0.15, 0.2) is 0 Å². The molecule has 158 valence electrons. The number of hydrogen-bond donors (Lipinski definition) is 2. The molecule has 28 heavy (non-hydrogen) atoms. The maximum Gasteiger partial charge on any atom is 0.310 e. The molecule has 3 aliphatic rings. The van der Waals surface area contributed by atoms with E-state index >= 15 is 0 Å². The number of nitrogens with one attached hydrogen (secondary N) is 1. The highest BCUT2D eigenvalue weighted by molar-refractivity contribution is 8.02. The second-order valence-electron chi connectivity index (χ2n) is 8.23. The third-order valence-corrected chi connectivity index (χ3v) is 8.64. The van der Waals surface area contributed by atoms with Gasteiger partial charge in [0.1, 0.15) is 6.04 Å². The number of rotatable bonds is 8. The third kappa shape index (κ3) is 3.03. The number of aliphatic hydroxyl groups is 1. The highest BCUT2D eigenvalue weighted by atomic mass is 32.2. The van der Waals surface area contributed by atoms with Crippen molar-refractivity contribution >= 4 is 29.5 Å². The van der Waals surface area contributed by atoms with Gasteiger partial charge in [-0.25, -0.2) is 0 Å². The van der Waals surface area contributed by atoms with Gasteiger partial charge >= 0.3 is 5.97 Å². The van der Waals surface area contributed by atoms with E-state index < -0.39 is 28.7 Å². The number of amides is 2. The van der Waals surface area contributed by atoms with Crippen molar-refractivity contribution < 1.29 is 24.2 Å². The SMILES string of the molecule is CCCCNC(=O)C1N([C@H](C)CO)C(=O)[C@@H]2[C@@H](C(=O)OCC)[C@H]3CC(C)C12S3. The predicted octanol–water partition coefficient (Wildman–Crippen LogP) is 1.18. The van der Waals surface area contributed by atoms with Crippen LogP contribution < -0.4 is 5.32 Å². The molecule has 7 nitrogen and oxygen atoms in total. The van der Waals surface area contributed by atoms with Gasteiger partial charge < -0.3 is 20.1 Å². The van der Waals surface area contributed by atoms with Crippen LogP contribution in [0.1, 0.15) is 47.0 Å². The average molecular weight is 413 g/mol. The van der Waals surface area contributed by atoms with Crippen LogP contribution in [0, 0.1) is 17.8 Å². The van der Waals surface area contributed by atoms with Crippen molar-refractivity contribution in [3.05, 3.63) is 0 Å². The van der Waals surface area contributed by atoms with Gasteiger partial charge in [-0.2, -0.15) is 0 Å². The van der Waals surface area contributed by atoms with Gasteiger partial charge in [0.25, 0.3) is 0 Å². The summed E-state index contributed by atoms with van der Waals surface area (Å²) < 4.78 is 4.65. The second kappa shape index (κ2) is 8.22. The number of nitrogens with zero attached hydrogens (tertiary/aromatic N) is 1. The number of carbonyl (C=O) groups is 3. The Hall–Kier alpha value is -1.28. The lowest BCUT2D eigenvalue weighted by molar-refractivity contribution is -0.154. The molecule has 3 rings (SSSR count). The first kappa shape index (κ1) is 21.4. The Morgan fingerprint density at radius 2 is 2.14 bits per heavy atom. The van der Waals surface area contributed by atoms with E-state index in [0.29, 0.717) is 6.54 Å². The minimum Gasteiger partial charge on any atom is -0.466 e. The summed E-state index contributed by atoms with van der Waals surface area (Å²) in [6.07, 6.45) is 2.62. The van der Waals surface area contributed by atoms with E-state index in [1.165, 1.54) is 0 Å². The number of carbonyl (C=O) groups excluding carboxylic acids is 3. The Kier molecular flexibility index (Phi) is 6.29. The number of ether oxygens (including phenoxy) is 1. The van der Waals surface area contributed by atoms with Crippen LogP contribution in [0.4, 0.5) is 0 Å². The molecule has 1 spiro atoms. The Morgan fingerprint density at radius 3 is 2.75 bits per heavy atom. The molecule has 3 unspecified atom stereocenters. The minimum atomic E-state index is -0.673. The van der Waals surface area contributed by atoms with E-state index in [9.17, 15) is 19.5 Å². The van der Waals surface area contributed by atoms with Crippen molar-refractivity contribution in [3.63, 3.8) is 0 Å². The van der Waals surface area contributed by atoms with Crippen LogP contribution in [-0.2, 0) is 19.1 Å². The number of esters is 1. The normalized spacial score (nSPS) is 37.1. The number of unbranched alkanes of at least 4 members (excludes halogenated alkanes) is 1. The van der Waals surface area contributed by atoms with Gasteiger partial charge in [-0.15, -0.1) is 11.8 Å². The molecule has 8 heteroatoms. The molecule has 0 aliphatic carbocycles. The number of thioether (sulfide) groups is 1.